The van der Waals surface area contributed by atoms with Crippen molar-refractivity contribution < 1.29 is 50.0 Å². The van der Waals surface area contributed by atoms with Gasteiger partial charge in [-0.3, -0.25) is 23.9 Å². The number of hydrogen-bond donors (Lipinski definition) is 1. The van der Waals surface area contributed by atoms with E-state index >= 15 is 0 Å². The SMILES string of the molecule is CN1CCN(CCN(COS(=O)O)c2ccc3c(c2)C(=O)N(CC(=O)OC(=O)C(F)(F)F)C3=O)CC1. The zero-order valence-corrected chi connectivity index (χ0v) is 19.8. The van der Waals surface area contributed by atoms with Gasteiger partial charge in [-0.2, -0.15) is 17.4 Å². The molecule has 36 heavy (non-hydrogen) atoms. The lowest BCUT2D eigenvalue weighted by Gasteiger charge is -2.34. The molecule has 0 aromatic heterocycles. The highest BCUT2D eigenvalue weighted by atomic mass is 32.2. The van der Waals surface area contributed by atoms with Crippen LogP contribution in [-0.2, 0) is 29.9 Å². The van der Waals surface area contributed by atoms with E-state index in [0.29, 0.717) is 23.7 Å². The normalized spacial score (nSPS) is 17.8. The summed E-state index contributed by atoms with van der Waals surface area (Å²) in [6.07, 6.45) is -5.42. The van der Waals surface area contributed by atoms with Crippen LogP contribution in [0.4, 0.5) is 18.9 Å². The topological polar surface area (TPSA) is 137 Å². The van der Waals surface area contributed by atoms with Crippen LogP contribution >= 0.6 is 0 Å². The molecule has 1 aromatic rings. The predicted molar refractivity (Wildman–Crippen MR) is 117 cm³/mol. The maximum Gasteiger partial charge on any atom is 0.491 e. The number of amides is 2. The lowest BCUT2D eigenvalue weighted by atomic mass is 10.1. The van der Waals surface area contributed by atoms with Crippen LogP contribution in [-0.4, -0.2) is 113 Å². The maximum absolute atomic E-state index is 12.7. The number of halogens is 3. The molecule has 0 radical (unpaired) electrons. The van der Waals surface area contributed by atoms with Gasteiger partial charge in [0.05, 0.1) is 11.1 Å². The van der Waals surface area contributed by atoms with Gasteiger partial charge in [0.15, 0.2) is 0 Å². The molecule has 3 rings (SSSR count). The van der Waals surface area contributed by atoms with Crippen LogP contribution in [0.3, 0.4) is 0 Å². The minimum atomic E-state index is -5.42. The van der Waals surface area contributed by atoms with Crippen LogP contribution < -0.4 is 4.90 Å². The van der Waals surface area contributed by atoms with Crippen molar-refractivity contribution in [3.05, 3.63) is 29.3 Å². The van der Waals surface area contributed by atoms with Crippen LogP contribution in [0.15, 0.2) is 18.2 Å². The molecule has 2 amide bonds. The largest absolute Gasteiger partial charge is 0.491 e. The Kier molecular flexibility index (Phi) is 8.78. The second-order valence-corrected chi connectivity index (χ2v) is 8.73. The Hall–Kier alpha value is -2.92. The molecule has 0 saturated carbocycles. The zero-order chi connectivity index (χ0) is 26.6. The van der Waals surface area contributed by atoms with Crippen molar-refractivity contribution in [2.75, 3.05) is 64.5 Å². The number of hydrogen-bond acceptors (Lipinski definition) is 10. The average Bonchev–Trinajstić information content (AvgIpc) is 3.03. The van der Waals surface area contributed by atoms with E-state index in [9.17, 15) is 36.6 Å². The molecule has 1 unspecified atom stereocenters. The van der Waals surface area contributed by atoms with E-state index in [1.807, 2.05) is 7.05 Å². The summed E-state index contributed by atoms with van der Waals surface area (Å²) in [4.78, 5) is 54.1. The smallest absolute Gasteiger partial charge is 0.385 e. The number of carbonyl (C=O) groups excluding carboxylic acids is 4. The molecule has 2 aliphatic rings. The van der Waals surface area contributed by atoms with Crippen molar-refractivity contribution >= 4 is 40.8 Å². The van der Waals surface area contributed by atoms with E-state index in [2.05, 4.69) is 14.5 Å². The van der Waals surface area contributed by atoms with E-state index < -0.39 is 47.8 Å². The number of fused-ring (bicyclic) bond motifs is 1. The molecule has 2 heterocycles. The molecule has 1 fully saturated rings. The molecule has 198 valence electrons. The van der Waals surface area contributed by atoms with Crippen molar-refractivity contribution in [2.24, 2.45) is 0 Å². The van der Waals surface area contributed by atoms with Gasteiger partial charge in [-0.15, -0.1) is 0 Å². The minimum Gasteiger partial charge on any atom is -0.385 e. The molecule has 2 aliphatic heterocycles. The Balaban J connectivity index is 1.72. The molecular weight excluding hydrogens is 513 g/mol. The first-order valence-corrected chi connectivity index (χ1v) is 11.6. The highest BCUT2D eigenvalue weighted by Crippen LogP contribution is 2.28. The van der Waals surface area contributed by atoms with E-state index in [1.165, 1.54) is 18.2 Å². The molecule has 1 N–H and O–H groups in total. The highest BCUT2D eigenvalue weighted by molar-refractivity contribution is 7.74. The average molecular weight is 536 g/mol. The lowest BCUT2D eigenvalue weighted by Crippen LogP contribution is -2.47. The van der Waals surface area contributed by atoms with E-state index in [-0.39, 0.29) is 17.9 Å². The molecule has 12 nitrogen and oxygen atoms in total. The fraction of sp³-hybridized carbons (Fsp3) is 0.500. The lowest BCUT2D eigenvalue weighted by molar-refractivity contribution is -0.201. The van der Waals surface area contributed by atoms with Crippen molar-refractivity contribution in [3.63, 3.8) is 0 Å². The molecule has 1 atom stereocenters. The minimum absolute atomic E-state index is 0.107. The molecule has 0 aliphatic carbocycles. The Morgan fingerprint density at radius 1 is 1.11 bits per heavy atom. The van der Waals surface area contributed by atoms with Gasteiger partial charge in [-0.25, -0.2) is 13.8 Å². The number of imide groups is 1. The summed E-state index contributed by atoms with van der Waals surface area (Å²) in [5.41, 5.74) is 0.123. The number of esters is 2. The first-order valence-electron chi connectivity index (χ1n) is 10.6. The maximum atomic E-state index is 12.7. The third-order valence-corrected chi connectivity index (χ3v) is 5.94. The van der Waals surface area contributed by atoms with Gasteiger partial charge in [0, 0.05) is 45.0 Å². The number of ether oxygens (including phenoxy) is 1. The molecule has 0 bridgehead atoms. The van der Waals surface area contributed by atoms with Crippen molar-refractivity contribution in [1.29, 1.82) is 0 Å². The Morgan fingerprint density at radius 2 is 1.75 bits per heavy atom. The summed E-state index contributed by atoms with van der Waals surface area (Å²) >= 11 is -2.56. The fourth-order valence-corrected chi connectivity index (χ4v) is 3.87. The quantitative estimate of drug-likeness (QED) is 0.151. The summed E-state index contributed by atoms with van der Waals surface area (Å²) < 4.78 is 65.4. The van der Waals surface area contributed by atoms with Crippen molar-refractivity contribution in [3.8, 4) is 0 Å². The van der Waals surface area contributed by atoms with E-state index in [4.69, 9.17) is 8.74 Å². The van der Waals surface area contributed by atoms with E-state index in [1.54, 1.807) is 4.90 Å². The summed E-state index contributed by atoms with van der Waals surface area (Å²) in [5.74, 6) is -6.41. The van der Waals surface area contributed by atoms with E-state index in [0.717, 1.165) is 26.2 Å². The van der Waals surface area contributed by atoms with Gasteiger partial charge < -0.3 is 14.5 Å². The molecule has 1 saturated heterocycles. The Labute approximate surface area is 206 Å². The number of nitrogens with zero attached hydrogens (tertiary/aromatic N) is 4. The highest BCUT2D eigenvalue weighted by Gasteiger charge is 2.44. The number of piperazine rings is 1. The number of benzene rings is 1. The molecule has 16 heteroatoms. The van der Waals surface area contributed by atoms with Gasteiger partial charge in [0.25, 0.3) is 11.8 Å². The molecular formula is C20H23F3N4O8S. The number of anilines is 1. The number of likely N-dealkylation sites (N-methyl/N-ethyl adjacent to an activating group) is 1. The van der Waals surface area contributed by atoms with Gasteiger partial charge in [0.1, 0.15) is 13.3 Å². The number of alkyl halides is 3. The second-order valence-electron chi connectivity index (χ2n) is 8.06. The first-order chi connectivity index (χ1) is 16.9. The first kappa shape index (κ1) is 27.7. The van der Waals surface area contributed by atoms with Crippen LogP contribution in [0.1, 0.15) is 20.7 Å². The summed E-state index contributed by atoms with van der Waals surface area (Å²) in [6.45, 7) is 2.80. The second kappa shape index (κ2) is 11.4. The van der Waals surface area contributed by atoms with Gasteiger partial charge in [-0.1, -0.05) is 0 Å². The Bertz CT molecular complexity index is 1060. The fourth-order valence-electron chi connectivity index (χ4n) is 3.65. The van der Waals surface area contributed by atoms with Gasteiger partial charge >= 0.3 is 29.5 Å². The monoisotopic (exact) mass is 536 g/mol. The summed E-state index contributed by atoms with van der Waals surface area (Å²) in [6, 6.07) is 4.07. The predicted octanol–water partition coefficient (Wildman–Crippen LogP) is 0.0793. The van der Waals surface area contributed by atoms with Crippen molar-refractivity contribution in [1.82, 2.24) is 14.7 Å². The number of rotatable bonds is 9. The van der Waals surface area contributed by atoms with Gasteiger partial charge in [-0.05, 0) is 25.2 Å². The summed E-state index contributed by atoms with van der Waals surface area (Å²) in [7, 11) is 2.01. The number of carbonyl (C=O) groups is 4. The van der Waals surface area contributed by atoms with Crippen LogP contribution in [0.2, 0.25) is 0 Å². The zero-order valence-electron chi connectivity index (χ0n) is 19.0. The van der Waals surface area contributed by atoms with Gasteiger partial charge in [0.2, 0.25) is 0 Å². The van der Waals surface area contributed by atoms with Crippen molar-refractivity contribution in [2.45, 2.75) is 6.18 Å². The van der Waals surface area contributed by atoms with Crippen LogP contribution in [0.5, 0.6) is 0 Å². The van der Waals surface area contributed by atoms with Crippen LogP contribution in [0, 0.1) is 0 Å². The third-order valence-electron chi connectivity index (χ3n) is 5.64. The molecule has 0 spiro atoms. The standard InChI is InChI=1S/C20H23F3N4O8S/c1-24-4-6-25(7-5-24)8-9-26(12-34-36(32)33)13-2-3-14-15(10-13)18(30)27(17(14)29)11-16(28)35-19(31)20(21,22)23/h2-3,10H,4-9,11-12H2,1H3,(H,32,33). The third kappa shape index (κ3) is 6.85. The summed E-state index contributed by atoms with van der Waals surface area (Å²) in [5, 5.41) is 0. The van der Waals surface area contributed by atoms with Crippen LogP contribution in [0.25, 0.3) is 0 Å². The molecule has 1 aromatic carbocycles. The Morgan fingerprint density at radius 3 is 2.36 bits per heavy atom.